The number of cyclic esters (lactones) is 1. The van der Waals surface area contributed by atoms with E-state index in [1.807, 2.05) is 0 Å². The molecular weight excluding hydrogens is 310 g/mol. The van der Waals surface area contributed by atoms with Crippen molar-refractivity contribution < 1.29 is 29.1 Å². The van der Waals surface area contributed by atoms with Crippen molar-refractivity contribution in [2.75, 3.05) is 19.7 Å². The van der Waals surface area contributed by atoms with Crippen LogP contribution in [0, 0.1) is 11.8 Å². The van der Waals surface area contributed by atoms with Gasteiger partial charge in [0.1, 0.15) is 12.6 Å². The Bertz CT molecular complexity index is 556. The molecule has 0 amide bonds. The highest BCUT2D eigenvalue weighted by molar-refractivity contribution is 5.89. The van der Waals surface area contributed by atoms with Crippen LogP contribution >= 0.6 is 0 Å². The number of nitrogens with one attached hydrogen (secondary N) is 1. The Kier molecular flexibility index (Phi) is 4.71. The number of allylic oxidation sites excluding steroid dienone is 1. The van der Waals surface area contributed by atoms with Crippen molar-refractivity contribution in [2.24, 2.45) is 11.8 Å². The third kappa shape index (κ3) is 2.97. The van der Waals surface area contributed by atoms with E-state index in [1.165, 1.54) is 11.8 Å². The third-order valence-corrected chi connectivity index (χ3v) is 6.16. The predicted octanol–water partition coefficient (Wildman–Crippen LogP) is -0.144. The van der Waals surface area contributed by atoms with Crippen LogP contribution in [-0.2, 0) is 19.1 Å². The molecule has 0 spiro atoms. The number of aliphatic hydroxyl groups is 1. The molecule has 134 valence electrons. The molecule has 3 aliphatic heterocycles. The minimum Gasteiger partial charge on any atom is -0.463 e. The van der Waals surface area contributed by atoms with Gasteiger partial charge in [0.2, 0.25) is 0 Å². The molecule has 1 unspecified atom stereocenters. The summed E-state index contributed by atoms with van der Waals surface area (Å²) in [5.41, 5.74) is -1.10. The van der Waals surface area contributed by atoms with E-state index in [2.05, 4.69) is 0 Å². The van der Waals surface area contributed by atoms with Crippen molar-refractivity contribution in [3.8, 4) is 0 Å². The number of carbonyl (C=O) groups excluding carboxylic acids is 2. The summed E-state index contributed by atoms with van der Waals surface area (Å²) in [6.07, 6.45) is 3.71. The minimum atomic E-state index is -1.62. The number of rotatable bonds is 0. The van der Waals surface area contributed by atoms with Crippen LogP contribution < -0.4 is 4.90 Å². The lowest BCUT2D eigenvalue weighted by atomic mass is 9.85. The van der Waals surface area contributed by atoms with E-state index in [4.69, 9.17) is 9.47 Å². The van der Waals surface area contributed by atoms with Crippen LogP contribution in [0.3, 0.4) is 0 Å². The van der Waals surface area contributed by atoms with Crippen LogP contribution in [0.5, 0.6) is 0 Å². The SMILES string of the molecule is C/C=C1\C[C@@H](C)[C@](C)(O)C(=O)OC[C@@H]2CC[NH+]3CC[C@@H](OC1=O)[C@H]23. The largest absolute Gasteiger partial charge is 0.463 e. The number of carbonyl (C=O) groups is 2. The van der Waals surface area contributed by atoms with Crippen LogP contribution in [0.15, 0.2) is 11.6 Å². The van der Waals surface area contributed by atoms with E-state index in [9.17, 15) is 14.7 Å². The van der Waals surface area contributed by atoms with Gasteiger partial charge < -0.3 is 19.5 Å². The van der Waals surface area contributed by atoms with E-state index in [0.29, 0.717) is 12.2 Å². The molecule has 3 rings (SSSR count). The summed E-state index contributed by atoms with van der Waals surface area (Å²) in [5, 5.41) is 10.6. The van der Waals surface area contributed by atoms with Gasteiger partial charge in [0.25, 0.3) is 0 Å². The average Bonchev–Trinajstić information content (AvgIpc) is 3.12. The van der Waals surface area contributed by atoms with Crippen LogP contribution in [0.2, 0.25) is 0 Å². The fourth-order valence-electron chi connectivity index (χ4n) is 4.33. The zero-order valence-electron chi connectivity index (χ0n) is 14.7. The molecule has 3 aliphatic rings. The molecule has 3 saturated heterocycles. The van der Waals surface area contributed by atoms with Crippen molar-refractivity contribution in [1.29, 1.82) is 0 Å². The number of quaternary nitrogens is 1. The summed E-state index contributed by atoms with van der Waals surface area (Å²) in [6, 6.07) is 0.196. The monoisotopic (exact) mass is 338 g/mol. The minimum absolute atomic E-state index is 0.108. The Morgan fingerprint density at radius 3 is 2.71 bits per heavy atom. The first-order chi connectivity index (χ1) is 11.3. The first kappa shape index (κ1) is 17.4. The van der Waals surface area contributed by atoms with Gasteiger partial charge in [0.05, 0.1) is 19.0 Å². The summed E-state index contributed by atoms with van der Waals surface area (Å²) in [7, 11) is 0. The highest BCUT2D eigenvalue weighted by Crippen LogP contribution is 2.30. The van der Waals surface area contributed by atoms with E-state index >= 15 is 0 Å². The molecule has 24 heavy (non-hydrogen) atoms. The third-order valence-electron chi connectivity index (χ3n) is 6.16. The maximum atomic E-state index is 12.6. The first-order valence-corrected chi connectivity index (χ1v) is 8.95. The Morgan fingerprint density at radius 1 is 1.29 bits per heavy atom. The zero-order chi connectivity index (χ0) is 17.5. The molecule has 0 radical (unpaired) electrons. The molecule has 6 atom stereocenters. The van der Waals surface area contributed by atoms with Gasteiger partial charge in [-0.05, 0) is 26.2 Å². The highest BCUT2D eigenvalue weighted by Gasteiger charge is 2.51. The van der Waals surface area contributed by atoms with Crippen molar-refractivity contribution >= 4 is 11.9 Å². The van der Waals surface area contributed by atoms with E-state index in [-0.39, 0.29) is 30.5 Å². The smallest absolute Gasteiger partial charge is 0.338 e. The Labute approximate surface area is 142 Å². The van der Waals surface area contributed by atoms with Gasteiger partial charge in [-0.25, -0.2) is 9.59 Å². The van der Waals surface area contributed by atoms with Crippen molar-refractivity contribution in [3.63, 3.8) is 0 Å². The van der Waals surface area contributed by atoms with Gasteiger partial charge >= 0.3 is 11.9 Å². The molecule has 3 fully saturated rings. The molecule has 6 nitrogen and oxygen atoms in total. The van der Waals surface area contributed by atoms with Gasteiger partial charge in [-0.2, -0.15) is 0 Å². The molecule has 0 aromatic heterocycles. The summed E-state index contributed by atoms with van der Waals surface area (Å²) in [4.78, 5) is 26.4. The Balaban J connectivity index is 1.89. The van der Waals surface area contributed by atoms with Crippen molar-refractivity contribution in [2.45, 2.75) is 57.8 Å². The predicted molar refractivity (Wildman–Crippen MR) is 86.2 cm³/mol. The Morgan fingerprint density at radius 2 is 2.00 bits per heavy atom. The summed E-state index contributed by atoms with van der Waals surface area (Å²) in [5.74, 6) is -1.16. The van der Waals surface area contributed by atoms with Gasteiger partial charge in [0, 0.05) is 18.4 Å². The maximum absolute atomic E-state index is 12.6. The second kappa shape index (κ2) is 6.48. The van der Waals surface area contributed by atoms with Crippen LogP contribution in [-0.4, -0.2) is 54.5 Å². The van der Waals surface area contributed by atoms with E-state index < -0.39 is 17.5 Å². The van der Waals surface area contributed by atoms with Gasteiger partial charge in [0.15, 0.2) is 11.7 Å². The molecule has 0 bridgehead atoms. The van der Waals surface area contributed by atoms with Crippen LogP contribution in [0.25, 0.3) is 0 Å². The number of ether oxygens (including phenoxy) is 2. The van der Waals surface area contributed by atoms with Gasteiger partial charge in [-0.3, -0.25) is 0 Å². The second-order valence-electron chi connectivity index (χ2n) is 7.63. The molecule has 0 aliphatic carbocycles. The summed E-state index contributed by atoms with van der Waals surface area (Å²) in [6.45, 7) is 7.31. The lowest BCUT2D eigenvalue weighted by Gasteiger charge is -2.31. The topological polar surface area (TPSA) is 77.3 Å². The quantitative estimate of drug-likeness (QED) is 0.475. The van der Waals surface area contributed by atoms with Crippen LogP contribution in [0.1, 0.15) is 40.0 Å². The molecule has 3 heterocycles. The van der Waals surface area contributed by atoms with E-state index in [1.54, 1.807) is 19.9 Å². The Hall–Kier alpha value is -1.40. The zero-order valence-corrected chi connectivity index (χ0v) is 14.7. The normalized spacial score (nSPS) is 45.2. The average molecular weight is 338 g/mol. The molecule has 6 heteroatoms. The van der Waals surface area contributed by atoms with Gasteiger partial charge in [-0.1, -0.05) is 13.0 Å². The molecule has 2 N–H and O–H groups in total. The fraction of sp³-hybridized carbons (Fsp3) is 0.778. The molecular formula is C18H28NO5+. The van der Waals surface area contributed by atoms with Crippen molar-refractivity contribution in [1.82, 2.24) is 0 Å². The number of hydrogen-bond donors (Lipinski definition) is 2. The lowest BCUT2D eigenvalue weighted by Crippen LogP contribution is -3.12. The summed E-state index contributed by atoms with van der Waals surface area (Å²) < 4.78 is 11.3. The van der Waals surface area contributed by atoms with E-state index in [0.717, 1.165) is 25.9 Å². The molecule has 0 aromatic carbocycles. The second-order valence-corrected chi connectivity index (χ2v) is 7.63. The highest BCUT2D eigenvalue weighted by atomic mass is 16.6. The standard InChI is InChI=1S/C18H27NO5/c1-4-12-9-11(2)18(3,22)17(21)23-10-13-5-7-19-8-6-14(15(13)19)24-16(12)20/h4,11,13-15,22H,5-10H2,1-3H3/p+1/b12-4+/t11-,13+,14-,15+,18+/m1/s1. The lowest BCUT2D eigenvalue weighted by molar-refractivity contribution is -0.902. The maximum Gasteiger partial charge on any atom is 0.338 e. The summed E-state index contributed by atoms with van der Waals surface area (Å²) >= 11 is 0. The molecule has 0 aromatic rings. The number of esters is 2. The first-order valence-electron chi connectivity index (χ1n) is 8.95. The van der Waals surface area contributed by atoms with Crippen molar-refractivity contribution in [3.05, 3.63) is 11.6 Å². The number of hydrogen-bond acceptors (Lipinski definition) is 5. The van der Waals surface area contributed by atoms with Crippen LogP contribution in [0.4, 0.5) is 0 Å². The van der Waals surface area contributed by atoms with Gasteiger partial charge in [-0.15, -0.1) is 0 Å². The fourth-order valence-corrected chi connectivity index (χ4v) is 4.33. The molecule has 0 saturated carbocycles.